The lowest BCUT2D eigenvalue weighted by Gasteiger charge is -2.23. The van der Waals surface area contributed by atoms with Gasteiger partial charge in [0.05, 0.1) is 11.3 Å². The van der Waals surface area contributed by atoms with E-state index < -0.39 is 17.3 Å². The highest BCUT2D eigenvalue weighted by Gasteiger charge is 2.23. The van der Waals surface area contributed by atoms with Crippen LogP contribution in [0.4, 0.5) is 10.5 Å². The van der Waals surface area contributed by atoms with E-state index in [-0.39, 0.29) is 0 Å². The first-order chi connectivity index (χ1) is 10.6. The smallest absolute Gasteiger partial charge is 0.412 e. The molecule has 0 aliphatic rings. The van der Waals surface area contributed by atoms with Gasteiger partial charge in [-0.15, -0.1) is 0 Å². The second kappa shape index (κ2) is 6.00. The fourth-order valence-electron chi connectivity index (χ4n) is 2.06. The number of aliphatic hydroxyl groups is 1. The van der Waals surface area contributed by atoms with Crippen LogP contribution in [0.2, 0.25) is 0 Å². The van der Waals surface area contributed by atoms with Crippen molar-refractivity contribution in [2.24, 2.45) is 0 Å². The number of amides is 1. The maximum Gasteiger partial charge on any atom is 0.412 e. The third kappa shape index (κ3) is 4.53. The van der Waals surface area contributed by atoms with Gasteiger partial charge in [-0.1, -0.05) is 0 Å². The summed E-state index contributed by atoms with van der Waals surface area (Å²) in [4.78, 5) is 15.8. The highest BCUT2D eigenvalue weighted by Crippen LogP contribution is 2.29. The second-order valence-corrected chi connectivity index (χ2v) is 6.76. The number of hydrogen-bond donors (Lipinski definition) is 2. The molecule has 1 amide bonds. The van der Waals surface area contributed by atoms with E-state index >= 15 is 0 Å². The Morgan fingerprint density at radius 3 is 2.48 bits per heavy atom. The average Bonchev–Trinajstić information content (AvgIpc) is 2.88. The van der Waals surface area contributed by atoms with Gasteiger partial charge >= 0.3 is 6.09 Å². The summed E-state index contributed by atoms with van der Waals surface area (Å²) in [5.41, 5.74) is 0.123. The molecule has 7 nitrogen and oxygen atoms in total. The zero-order valence-corrected chi connectivity index (χ0v) is 14.0. The predicted octanol–water partition coefficient (Wildman–Crippen LogP) is 2.84. The third-order valence-corrected chi connectivity index (χ3v) is 2.97. The quantitative estimate of drug-likeness (QED) is 0.908. The molecule has 0 aliphatic carbocycles. The number of carbonyl (C=O) groups is 1. The fraction of sp³-hybridized carbons (Fsp3) is 0.438. The first-order valence-electron chi connectivity index (χ1n) is 7.28. The molecule has 0 atom stereocenters. The lowest BCUT2D eigenvalue weighted by Crippen LogP contribution is -2.27. The molecule has 7 heteroatoms. The van der Waals surface area contributed by atoms with Gasteiger partial charge in [0.2, 0.25) is 0 Å². The Hall–Kier alpha value is -2.41. The van der Waals surface area contributed by atoms with Gasteiger partial charge in [0, 0.05) is 11.3 Å². The molecule has 1 heterocycles. The van der Waals surface area contributed by atoms with Crippen molar-refractivity contribution in [2.45, 2.75) is 45.8 Å². The van der Waals surface area contributed by atoms with Crippen LogP contribution in [0.15, 0.2) is 30.9 Å². The molecule has 124 valence electrons. The van der Waals surface area contributed by atoms with Crippen molar-refractivity contribution in [2.75, 3.05) is 5.32 Å². The van der Waals surface area contributed by atoms with Gasteiger partial charge in [0.15, 0.2) is 0 Å². The van der Waals surface area contributed by atoms with Gasteiger partial charge in [-0.2, -0.15) is 5.10 Å². The third-order valence-electron chi connectivity index (χ3n) is 2.97. The molecule has 23 heavy (non-hydrogen) atoms. The van der Waals surface area contributed by atoms with E-state index in [1.807, 2.05) is 0 Å². The molecule has 1 aromatic carbocycles. The van der Waals surface area contributed by atoms with Crippen LogP contribution >= 0.6 is 0 Å². The SMILES string of the molecule is CC(C)(C)OC(=O)Nc1ccc(-n2cncn2)c(C(C)(C)O)c1. The number of benzene rings is 1. The Bertz CT molecular complexity index is 682. The van der Waals surface area contributed by atoms with E-state index in [1.165, 1.54) is 6.33 Å². The summed E-state index contributed by atoms with van der Waals surface area (Å²) < 4.78 is 6.79. The van der Waals surface area contributed by atoms with Crippen molar-refractivity contribution < 1.29 is 14.6 Å². The normalized spacial score (nSPS) is 12.1. The van der Waals surface area contributed by atoms with Crippen LogP contribution in [0, 0.1) is 0 Å². The van der Waals surface area contributed by atoms with Crippen LogP contribution in [-0.2, 0) is 10.3 Å². The fourth-order valence-corrected chi connectivity index (χ4v) is 2.06. The van der Waals surface area contributed by atoms with E-state index in [0.29, 0.717) is 16.9 Å². The Morgan fingerprint density at radius 2 is 1.96 bits per heavy atom. The number of nitrogens with one attached hydrogen (secondary N) is 1. The van der Waals surface area contributed by atoms with Crippen molar-refractivity contribution in [3.8, 4) is 5.69 Å². The Labute approximate surface area is 135 Å². The molecule has 0 fully saturated rings. The highest BCUT2D eigenvalue weighted by atomic mass is 16.6. The molecule has 0 saturated carbocycles. The van der Waals surface area contributed by atoms with Gasteiger partial charge in [-0.25, -0.2) is 14.5 Å². The molecule has 0 bridgehead atoms. The zero-order chi connectivity index (χ0) is 17.3. The second-order valence-electron chi connectivity index (χ2n) is 6.76. The van der Waals surface area contributed by atoms with Gasteiger partial charge in [0.1, 0.15) is 18.3 Å². The van der Waals surface area contributed by atoms with E-state index in [1.54, 1.807) is 63.8 Å². The monoisotopic (exact) mass is 318 g/mol. The van der Waals surface area contributed by atoms with Crippen LogP contribution in [0.5, 0.6) is 0 Å². The lowest BCUT2D eigenvalue weighted by molar-refractivity contribution is 0.0634. The summed E-state index contributed by atoms with van der Waals surface area (Å²) in [6, 6.07) is 5.17. The summed E-state index contributed by atoms with van der Waals surface area (Å²) in [5.74, 6) is 0. The van der Waals surface area contributed by atoms with Gasteiger partial charge < -0.3 is 9.84 Å². The number of aromatic nitrogens is 3. The van der Waals surface area contributed by atoms with Crippen molar-refractivity contribution >= 4 is 11.8 Å². The molecule has 1 aromatic heterocycles. The standard InChI is InChI=1S/C16H22N4O3/c1-15(2,3)23-14(21)19-11-6-7-13(20-10-17-9-18-20)12(8-11)16(4,5)22/h6-10,22H,1-5H3,(H,19,21). The van der Waals surface area contributed by atoms with Crippen LogP contribution in [0.25, 0.3) is 5.69 Å². The molecule has 0 spiro atoms. The van der Waals surface area contributed by atoms with E-state index in [4.69, 9.17) is 4.74 Å². The van der Waals surface area contributed by atoms with E-state index in [9.17, 15) is 9.90 Å². The Morgan fingerprint density at radius 1 is 1.26 bits per heavy atom. The lowest BCUT2D eigenvalue weighted by atomic mass is 9.96. The molecule has 2 N–H and O–H groups in total. The molecule has 0 radical (unpaired) electrons. The van der Waals surface area contributed by atoms with Crippen LogP contribution < -0.4 is 5.32 Å². The predicted molar refractivity (Wildman–Crippen MR) is 86.5 cm³/mol. The van der Waals surface area contributed by atoms with Crippen molar-refractivity contribution in [3.63, 3.8) is 0 Å². The topological polar surface area (TPSA) is 89.3 Å². The number of nitrogens with zero attached hydrogens (tertiary/aromatic N) is 3. The largest absolute Gasteiger partial charge is 0.444 e. The van der Waals surface area contributed by atoms with E-state index in [0.717, 1.165) is 0 Å². The van der Waals surface area contributed by atoms with Crippen molar-refractivity contribution in [1.29, 1.82) is 0 Å². The highest BCUT2D eigenvalue weighted by molar-refractivity contribution is 5.85. The Balaban J connectivity index is 2.32. The van der Waals surface area contributed by atoms with Gasteiger partial charge in [-0.3, -0.25) is 5.32 Å². The van der Waals surface area contributed by atoms with Crippen molar-refractivity contribution in [3.05, 3.63) is 36.4 Å². The summed E-state index contributed by atoms with van der Waals surface area (Å²) in [7, 11) is 0. The molecule has 2 rings (SSSR count). The van der Waals surface area contributed by atoms with Gasteiger partial charge in [-0.05, 0) is 52.8 Å². The first-order valence-corrected chi connectivity index (χ1v) is 7.28. The maximum atomic E-state index is 11.9. The van der Waals surface area contributed by atoms with Gasteiger partial charge in [0.25, 0.3) is 0 Å². The Kier molecular flexibility index (Phi) is 4.42. The average molecular weight is 318 g/mol. The molecule has 0 unspecified atom stereocenters. The zero-order valence-electron chi connectivity index (χ0n) is 14.0. The number of hydrogen-bond acceptors (Lipinski definition) is 5. The first kappa shape index (κ1) is 17.0. The summed E-state index contributed by atoms with van der Waals surface area (Å²) >= 11 is 0. The minimum absolute atomic E-state index is 0.528. The number of anilines is 1. The molecule has 0 saturated heterocycles. The summed E-state index contributed by atoms with van der Waals surface area (Å²) in [6.45, 7) is 8.72. The van der Waals surface area contributed by atoms with Crippen LogP contribution in [-0.4, -0.2) is 31.6 Å². The molecule has 0 aliphatic heterocycles. The minimum atomic E-state index is -1.12. The number of ether oxygens (including phenoxy) is 1. The molecule has 2 aromatic rings. The summed E-state index contributed by atoms with van der Waals surface area (Å²) in [5, 5.41) is 17.2. The molecular weight excluding hydrogens is 296 g/mol. The van der Waals surface area contributed by atoms with Crippen molar-refractivity contribution in [1.82, 2.24) is 14.8 Å². The summed E-state index contributed by atoms with van der Waals surface area (Å²) in [6.07, 6.45) is 2.42. The number of carbonyl (C=O) groups excluding carboxylic acids is 1. The van der Waals surface area contributed by atoms with Crippen LogP contribution in [0.1, 0.15) is 40.2 Å². The van der Waals surface area contributed by atoms with E-state index in [2.05, 4.69) is 15.4 Å². The van der Waals surface area contributed by atoms with Crippen LogP contribution in [0.3, 0.4) is 0 Å². The number of rotatable bonds is 3. The maximum absolute atomic E-state index is 11.9. The minimum Gasteiger partial charge on any atom is -0.444 e. The molecular formula is C16H22N4O3.